The second-order valence-corrected chi connectivity index (χ2v) is 9.83. The van der Waals surface area contributed by atoms with E-state index < -0.39 is 28.6 Å². The average Bonchev–Trinajstić information content (AvgIpc) is 3.23. The molecule has 0 radical (unpaired) electrons. The monoisotopic (exact) mass is 504 g/mol. The summed E-state index contributed by atoms with van der Waals surface area (Å²) in [5.74, 6) is -0.343. The second kappa shape index (κ2) is 10.2. The van der Waals surface area contributed by atoms with Crippen LogP contribution in [0.1, 0.15) is 30.0 Å². The highest BCUT2D eigenvalue weighted by Gasteiger charge is 2.28. The highest BCUT2D eigenvalue weighted by Crippen LogP contribution is 2.30. The molecule has 0 aliphatic carbocycles. The first-order chi connectivity index (χ1) is 17.3. The molecule has 36 heavy (non-hydrogen) atoms. The number of carbonyl (C=O) groups excluding carboxylic acids is 1. The number of nitriles is 1. The summed E-state index contributed by atoms with van der Waals surface area (Å²) < 4.78 is 34.6. The molecule has 3 aromatic carbocycles. The molecular formula is C26H24N4O5S. The smallest absolute Gasteiger partial charge is 0.326 e. The third-order valence-corrected chi connectivity index (χ3v) is 7.48. The number of aryl methyl sites for hydroxylation is 1. The number of ether oxygens (including phenoxy) is 1. The number of imidazole rings is 1. The van der Waals surface area contributed by atoms with Crippen LogP contribution in [-0.4, -0.2) is 42.2 Å². The van der Waals surface area contributed by atoms with Gasteiger partial charge in [-0.2, -0.15) is 5.26 Å². The van der Waals surface area contributed by atoms with E-state index in [1.807, 2.05) is 6.07 Å². The van der Waals surface area contributed by atoms with Gasteiger partial charge in [-0.3, -0.25) is 9.10 Å². The first-order valence-corrected chi connectivity index (χ1v) is 12.6. The van der Waals surface area contributed by atoms with Crippen molar-refractivity contribution < 1.29 is 23.1 Å². The van der Waals surface area contributed by atoms with Gasteiger partial charge in [0.1, 0.15) is 18.5 Å². The van der Waals surface area contributed by atoms with Crippen LogP contribution < -0.4 is 4.31 Å². The predicted molar refractivity (Wildman–Crippen MR) is 134 cm³/mol. The lowest BCUT2D eigenvalue weighted by atomic mass is 10.1. The molecule has 1 atom stereocenters. The molecule has 1 N–H and O–H groups in total. The van der Waals surface area contributed by atoms with Crippen LogP contribution in [0.4, 0.5) is 5.69 Å². The number of fused-ring (bicyclic) bond motifs is 1. The molecule has 10 heteroatoms. The van der Waals surface area contributed by atoms with Gasteiger partial charge < -0.3 is 14.4 Å². The molecular weight excluding hydrogens is 480 g/mol. The zero-order valence-electron chi connectivity index (χ0n) is 19.7. The molecule has 0 bridgehead atoms. The largest absolute Gasteiger partial charge is 0.465 e. The minimum Gasteiger partial charge on any atom is -0.465 e. The minimum absolute atomic E-state index is 0.0346. The van der Waals surface area contributed by atoms with Crippen LogP contribution in [-0.2, 0) is 26.6 Å². The summed E-state index contributed by atoms with van der Waals surface area (Å²) in [5, 5.41) is 19.9. The number of aromatic nitrogens is 2. The summed E-state index contributed by atoms with van der Waals surface area (Å²) in [7, 11) is -2.34. The van der Waals surface area contributed by atoms with Crippen molar-refractivity contribution in [3.8, 4) is 6.07 Å². The van der Waals surface area contributed by atoms with Crippen LogP contribution in [0.2, 0.25) is 0 Å². The summed E-state index contributed by atoms with van der Waals surface area (Å²) in [6, 6.07) is 21.2. The number of carbonyl (C=O) groups is 1. The zero-order chi connectivity index (χ0) is 25.9. The van der Waals surface area contributed by atoms with E-state index in [0.29, 0.717) is 28.0 Å². The normalized spacial score (nSPS) is 12.2. The SMILES string of the molecule is CCOC(=O)CN(c1ccc2c(c1)nc(C(O)c1ccc(C#N)cc1)n2C)S(=O)(=O)c1ccccc1. The number of aliphatic hydroxyl groups excluding tert-OH is 1. The Labute approximate surface area is 208 Å². The quantitative estimate of drug-likeness (QED) is 0.365. The van der Waals surface area contributed by atoms with Crippen molar-refractivity contribution in [1.82, 2.24) is 9.55 Å². The van der Waals surface area contributed by atoms with Gasteiger partial charge in [0, 0.05) is 7.05 Å². The number of benzene rings is 3. The lowest BCUT2D eigenvalue weighted by Gasteiger charge is -2.23. The van der Waals surface area contributed by atoms with E-state index in [0.717, 1.165) is 4.31 Å². The highest BCUT2D eigenvalue weighted by molar-refractivity contribution is 7.92. The molecule has 0 fully saturated rings. The average molecular weight is 505 g/mol. The van der Waals surface area contributed by atoms with Gasteiger partial charge >= 0.3 is 5.97 Å². The molecule has 1 heterocycles. The van der Waals surface area contributed by atoms with E-state index in [1.165, 1.54) is 12.1 Å². The topological polar surface area (TPSA) is 126 Å². The van der Waals surface area contributed by atoms with Gasteiger partial charge in [-0.1, -0.05) is 30.3 Å². The molecule has 0 saturated heterocycles. The van der Waals surface area contributed by atoms with E-state index in [2.05, 4.69) is 4.98 Å². The van der Waals surface area contributed by atoms with Crippen LogP contribution in [0.25, 0.3) is 11.0 Å². The number of nitrogens with zero attached hydrogens (tertiary/aromatic N) is 4. The Balaban J connectivity index is 1.77. The van der Waals surface area contributed by atoms with Gasteiger partial charge in [-0.05, 0) is 55.0 Å². The van der Waals surface area contributed by atoms with Crippen LogP contribution >= 0.6 is 0 Å². The third-order valence-electron chi connectivity index (χ3n) is 5.70. The Morgan fingerprint density at radius 3 is 2.47 bits per heavy atom. The number of rotatable bonds is 8. The van der Waals surface area contributed by atoms with E-state index in [9.17, 15) is 18.3 Å². The maximum absolute atomic E-state index is 13.5. The van der Waals surface area contributed by atoms with Gasteiger partial charge in [0.05, 0.1) is 39.9 Å². The van der Waals surface area contributed by atoms with Gasteiger partial charge in [0.2, 0.25) is 0 Å². The standard InChI is InChI=1S/C26H24N4O5S/c1-3-35-24(31)17-30(36(33,34)21-7-5-4-6-8-21)20-13-14-23-22(15-20)28-26(29(23)2)25(32)19-11-9-18(16-27)10-12-19/h4-15,25,32H,3,17H2,1-2H3. The van der Waals surface area contributed by atoms with Gasteiger partial charge in [-0.15, -0.1) is 0 Å². The fourth-order valence-corrected chi connectivity index (χ4v) is 5.28. The molecule has 0 aliphatic rings. The van der Waals surface area contributed by atoms with Crippen molar-refractivity contribution in [2.45, 2.75) is 17.9 Å². The van der Waals surface area contributed by atoms with Gasteiger partial charge in [0.15, 0.2) is 0 Å². The number of sulfonamides is 1. The molecule has 4 aromatic rings. The summed E-state index contributed by atoms with van der Waals surface area (Å²) >= 11 is 0. The highest BCUT2D eigenvalue weighted by atomic mass is 32.2. The van der Waals surface area contributed by atoms with Gasteiger partial charge in [0.25, 0.3) is 10.0 Å². The minimum atomic E-state index is -4.08. The van der Waals surface area contributed by atoms with Crippen molar-refractivity contribution in [3.05, 3.63) is 89.7 Å². The van der Waals surface area contributed by atoms with Crippen molar-refractivity contribution in [2.75, 3.05) is 17.5 Å². The Hall–Kier alpha value is -4.20. The zero-order valence-corrected chi connectivity index (χ0v) is 20.5. The predicted octanol–water partition coefficient (Wildman–Crippen LogP) is 3.29. The Morgan fingerprint density at radius 1 is 1.14 bits per heavy atom. The Morgan fingerprint density at radius 2 is 1.83 bits per heavy atom. The summed E-state index contributed by atoms with van der Waals surface area (Å²) in [6.45, 7) is 1.26. The molecule has 1 aromatic heterocycles. The molecule has 0 amide bonds. The van der Waals surface area contributed by atoms with Crippen molar-refractivity contribution in [2.24, 2.45) is 7.05 Å². The Bertz CT molecular complexity index is 1540. The Kier molecular flexibility index (Phi) is 7.05. The summed E-state index contributed by atoms with van der Waals surface area (Å²) in [6.07, 6.45) is -1.07. The maximum atomic E-state index is 13.5. The van der Waals surface area contributed by atoms with Crippen LogP contribution in [0.3, 0.4) is 0 Å². The van der Waals surface area contributed by atoms with E-state index in [1.54, 1.807) is 79.2 Å². The van der Waals surface area contributed by atoms with Gasteiger partial charge in [-0.25, -0.2) is 13.4 Å². The van der Waals surface area contributed by atoms with Crippen LogP contribution in [0.5, 0.6) is 0 Å². The lowest BCUT2D eigenvalue weighted by molar-refractivity contribution is -0.141. The third kappa shape index (κ3) is 4.79. The molecule has 184 valence electrons. The molecule has 0 spiro atoms. The summed E-state index contributed by atoms with van der Waals surface area (Å²) in [5.41, 5.74) is 2.37. The van der Waals surface area contributed by atoms with Crippen molar-refractivity contribution in [1.29, 1.82) is 5.26 Å². The number of anilines is 1. The fourth-order valence-electron chi connectivity index (χ4n) is 3.85. The van der Waals surface area contributed by atoms with Crippen molar-refractivity contribution in [3.63, 3.8) is 0 Å². The van der Waals surface area contributed by atoms with E-state index >= 15 is 0 Å². The molecule has 0 saturated carbocycles. The molecule has 4 rings (SSSR count). The molecule has 1 unspecified atom stereocenters. The number of hydrogen-bond acceptors (Lipinski definition) is 7. The van der Waals surface area contributed by atoms with Crippen LogP contribution in [0.15, 0.2) is 77.7 Å². The maximum Gasteiger partial charge on any atom is 0.326 e. The molecule has 0 aliphatic heterocycles. The molecule has 9 nitrogen and oxygen atoms in total. The number of aliphatic hydroxyl groups is 1. The summed E-state index contributed by atoms with van der Waals surface area (Å²) in [4.78, 5) is 16.9. The van der Waals surface area contributed by atoms with Crippen molar-refractivity contribution >= 4 is 32.7 Å². The fraction of sp³-hybridized carbons (Fsp3) is 0.192. The first kappa shape index (κ1) is 24.9. The van der Waals surface area contributed by atoms with Crippen LogP contribution in [0, 0.1) is 11.3 Å². The second-order valence-electron chi connectivity index (χ2n) is 7.97. The number of hydrogen-bond donors (Lipinski definition) is 1. The lowest BCUT2D eigenvalue weighted by Crippen LogP contribution is -2.36. The van der Waals surface area contributed by atoms with E-state index in [-0.39, 0.29) is 17.2 Å². The van der Waals surface area contributed by atoms with E-state index in [4.69, 9.17) is 10.00 Å². The first-order valence-electron chi connectivity index (χ1n) is 11.1. The number of esters is 1.